The third kappa shape index (κ3) is 3.11. The highest BCUT2D eigenvalue weighted by molar-refractivity contribution is 5.98. The van der Waals surface area contributed by atoms with Crippen molar-refractivity contribution in [2.75, 3.05) is 19.0 Å². The summed E-state index contributed by atoms with van der Waals surface area (Å²) in [6, 6.07) is 7.45. The molecule has 1 amide bonds. The fraction of sp³-hybridized carbons (Fsp3) is 0.333. The predicted molar refractivity (Wildman–Crippen MR) is 92.2 cm³/mol. The van der Waals surface area contributed by atoms with Crippen LogP contribution >= 0.6 is 0 Å². The van der Waals surface area contributed by atoms with E-state index in [2.05, 4.69) is 21.4 Å². The maximum atomic E-state index is 12.4. The van der Waals surface area contributed by atoms with E-state index in [1.54, 1.807) is 24.1 Å². The monoisotopic (exact) mass is 337 g/mol. The van der Waals surface area contributed by atoms with E-state index in [4.69, 9.17) is 4.74 Å². The minimum atomic E-state index is -0.0136. The summed E-state index contributed by atoms with van der Waals surface area (Å²) in [5, 5.41) is 12.4. The first-order valence-corrected chi connectivity index (χ1v) is 8.05. The van der Waals surface area contributed by atoms with Crippen LogP contribution in [0.2, 0.25) is 0 Å². The second kappa shape index (κ2) is 6.77. The van der Waals surface area contributed by atoms with Crippen LogP contribution in [-0.2, 0) is 13.1 Å². The van der Waals surface area contributed by atoms with Gasteiger partial charge >= 0.3 is 0 Å². The molecular weight excluding hydrogens is 318 g/mol. The zero-order valence-corrected chi connectivity index (χ0v) is 14.5. The Morgan fingerprint density at radius 3 is 2.88 bits per heavy atom. The molecule has 0 atom stereocenters. The van der Waals surface area contributed by atoms with Gasteiger partial charge in [0, 0.05) is 24.3 Å². The standard InChI is InChI=1S/C18H19N5O2/c1-4-23-10-15-14(18(23)24)7-13(17(22-15)25-3)9-20-16-12(8-19)6-5-11(2)21-16/h5-7H,4,9-10H2,1-3H3,(H,20,21). The van der Waals surface area contributed by atoms with Crippen molar-refractivity contribution in [2.24, 2.45) is 0 Å². The molecule has 1 aliphatic heterocycles. The fourth-order valence-corrected chi connectivity index (χ4v) is 2.82. The summed E-state index contributed by atoms with van der Waals surface area (Å²) in [5.74, 6) is 0.968. The Morgan fingerprint density at radius 1 is 1.40 bits per heavy atom. The number of fused-ring (bicyclic) bond motifs is 1. The third-order valence-corrected chi connectivity index (χ3v) is 4.18. The number of aryl methyl sites for hydroxylation is 1. The van der Waals surface area contributed by atoms with Crippen LogP contribution in [0.4, 0.5) is 5.82 Å². The summed E-state index contributed by atoms with van der Waals surface area (Å²) in [7, 11) is 1.55. The number of carbonyl (C=O) groups excluding carboxylic acids is 1. The van der Waals surface area contributed by atoms with Gasteiger partial charge in [0.05, 0.1) is 30.5 Å². The van der Waals surface area contributed by atoms with Crippen molar-refractivity contribution in [1.29, 1.82) is 5.26 Å². The molecular formula is C18H19N5O2. The summed E-state index contributed by atoms with van der Waals surface area (Å²) in [6.07, 6.45) is 0. The number of aromatic nitrogens is 2. The molecule has 25 heavy (non-hydrogen) atoms. The average Bonchev–Trinajstić information content (AvgIpc) is 2.94. The minimum Gasteiger partial charge on any atom is -0.481 e. The van der Waals surface area contributed by atoms with Crippen molar-refractivity contribution in [2.45, 2.75) is 26.9 Å². The van der Waals surface area contributed by atoms with Crippen molar-refractivity contribution < 1.29 is 9.53 Å². The second-order valence-corrected chi connectivity index (χ2v) is 5.78. The van der Waals surface area contributed by atoms with E-state index in [1.807, 2.05) is 19.9 Å². The normalized spacial score (nSPS) is 12.7. The van der Waals surface area contributed by atoms with E-state index in [-0.39, 0.29) is 5.91 Å². The number of rotatable bonds is 5. The molecule has 2 aromatic rings. The molecule has 7 heteroatoms. The Kier molecular flexibility index (Phi) is 4.52. The molecule has 0 aromatic carbocycles. The van der Waals surface area contributed by atoms with E-state index >= 15 is 0 Å². The first-order chi connectivity index (χ1) is 12.1. The average molecular weight is 337 g/mol. The van der Waals surface area contributed by atoms with Crippen LogP contribution in [0, 0.1) is 18.3 Å². The van der Waals surface area contributed by atoms with E-state index < -0.39 is 0 Å². The Balaban J connectivity index is 1.89. The van der Waals surface area contributed by atoms with Gasteiger partial charge < -0.3 is 15.0 Å². The lowest BCUT2D eigenvalue weighted by Gasteiger charge is -2.12. The molecule has 128 valence electrons. The maximum Gasteiger partial charge on any atom is 0.256 e. The van der Waals surface area contributed by atoms with Crippen molar-refractivity contribution in [3.05, 3.63) is 46.3 Å². The molecule has 0 fully saturated rings. The van der Waals surface area contributed by atoms with Crippen molar-refractivity contribution in [3.8, 4) is 11.9 Å². The molecule has 0 unspecified atom stereocenters. The smallest absolute Gasteiger partial charge is 0.256 e. The molecule has 0 bridgehead atoms. The van der Waals surface area contributed by atoms with Crippen molar-refractivity contribution in [1.82, 2.24) is 14.9 Å². The highest BCUT2D eigenvalue weighted by atomic mass is 16.5. The zero-order chi connectivity index (χ0) is 18.0. The van der Waals surface area contributed by atoms with Crippen molar-refractivity contribution in [3.63, 3.8) is 0 Å². The number of nitrogens with one attached hydrogen (secondary N) is 1. The molecule has 0 saturated heterocycles. The third-order valence-electron chi connectivity index (χ3n) is 4.18. The number of nitriles is 1. The van der Waals surface area contributed by atoms with Crippen LogP contribution < -0.4 is 10.1 Å². The Bertz CT molecular complexity index is 873. The second-order valence-electron chi connectivity index (χ2n) is 5.78. The van der Waals surface area contributed by atoms with Gasteiger partial charge in [-0.3, -0.25) is 4.79 Å². The fourth-order valence-electron chi connectivity index (χ4n) is 2.82. The highest BCUT2D eigenvalue weighted by Crippen LogP contribution is 2.27. The molecule has 1 N–H and O–H groups in total. The van der Waals surface area contributed by atoms with E-state index in [0.717, 1.165) is 17.0 Å². The summed E-state index contributed by atoms with van der Waals surface area (Å²) < 4.78 is 5.38. The molecule has 3 rings (SSSR count). The van der Waals surface area contributed by atoms with Crippen LogP contribution in [0.3, 0.4) is 0 Å². The van der Waals surface area contributed by atoms with Gasteiger partial charge in [0.1, 0.15) is 11.9 Å². The molecule has 0 aliphatic carbocycles. The lowest BCUT2D eigenvalue weighted by Crippen LogP contribution is -2.23. The Morgan fingerprint density at radius 2 is 2.20 bits per heavy atom. The van der Waals surface area contributed by atoms with E-state index in [1.165, 1.54) is 0 Å². The van der Waals surface area contributed by atoms with Gasteiger partial charge in [0.15, 0.2) is 0 Å². The predicted octanol–water partition coefficient (Wildman–Crippen LogP) is 2.25. The summed E-state index contributed by atoms with van der Waals surface area (Å²) >= 11 is 0. The number of amides is 1. The van der Waals surface area contributed by atoms with Crippen LogP contribution in [0.15, 0.2) is 18.2 Å². The molecule has 0 radical (unpaired) electrons. The SMILES string of the molecule is CCN1Cc2nc(OC)c(CNc3nc(C)ccc3C#N)cc2C1=O. The van der Waals surface area contributed by atoms with Gasteiger partial charge in [-0.1, -0.05) is 0 Å². The minimum absolute atomic E-state index is 0.0136. The summed E-state index contributed by atoms with van der Waals surface area (Å²) in [4.78, 5) is 22.9. The first kappa shape index (κ1) is 16.7. The number of hydrogen-bond donors (Lipinski definition) is 1. The van der Waals surface area contributed by atoms with Gasteiger partial charge in [-0.05, 0) is 32.0 Å². The number of carbonyl (C=O) groups is 1. The number of pyridine rings is 2. The molecule has 0 saturated carbocycles. The number of methoxy groups -OCH3 is 1. The van der Waals surface area contributed by atoms with E-state index in [9.17, 15) is 10.1 Å². The van der Waals surface area contributed by atoms with Gasteiger partial charge in [0.25, 0.3) is 5.91 Å². The van der Waals surface area contributed by atoms with E-state index in [0.29, 0.717) is 42.5 Å². The Hall–Kier alpha value is -3.14. The van der Waals surface area contributed by atoms with Crippen molar-refractivity contribution >= 4 is 11.7 Å². The van der Waals surface area contributed by atoms with Crippen LogP contribution in [-0.4, -0.2) is 34.4 Å². The number of hydrogen-bond acceptors (Lipinski definition) is 6. The van der Waals surface area contributed by atoms with Gasteiger partial charge in [-0.15, -0.1) is 0 Å². The number of ether oxygens (including phenoxy) is 1. The molecule has 3 heterocycles. The van der Waals surface area contributed by atoms with Gasteiger partial charge in [0.2, 0.25) is 5.88 Å². The van der Waals surface area contributed by atoms with Gasteiger partial charge in [-0.25, -0.2) is 9.97 Å². The highest BCUT2D eigenvalue weighted by Gasteiger charge is 2.29. The quantitative estimate of drug-likeness (QED) is 0.900. The summed E-state index contributed by atoms with van der Waals surface area (Å²) in [6.45, 7) is 5.31. The molecule has 0 spiro atoms. The van der Waals surface area contributed by atoms with Gasteiger partial charge in [-0.2, -0.15) is 5.26 Å². The topological polar surface area (TPSA) is 91.1 Å². The molecule has 7 nitrogen and oxygen atoms in total. The lowest BCUT2D eigenvalue weighted by atomic mass is 10.1. The number of anilines is 1. The molecule has 2 aromatic heterocycles. The van der Waals surface area contributed by atoms with Crippen LogP contribution in [0.25, 0.3) is 0 Å². The maximum absolute atomic E-state index is 12.4. The van der Waals surface area contributed by atoms with Crippen LogP contribution in [0.1, 0.15) is 39.8 Å². The largest absolute Gasteiger partial charge is 0.481 e. The zero-order valence-electron chi connectivity index (χ0n) is 14.5. The lowest BCUT2D eigenvalue weighted by molar-refractivity contribution is 0.0786. The Labute approximate surface area is 146 Å². The molecule has 1 aliphatic rings. The van der Waals surface area contributed by atoms with Crippen LogP contribution in [0.5, 0.6) is 5.88 Å². The first-order valence-electron chi connectivity index (χ1n) is 8.05. The summed E-state index contributed by atoms with van der Waals surface area (Å²) in [5.41, 5.74) is 3.37. The number of nitrogens with zero attached hydrogens (tertiary/aromatic N) is 4.